The minimum absolute atomic E-state index is 0. The van der Waals surface area contributed by atoms with Crippen LogP contribution in [-0.4, -0.2) is 24.6 Å². The number of aryl methyl sites for hydroxylation is 1. The van der Waals surface area contributed by atoms with E-state index in [4.69, 9.17) is 14.2 Å². The number of carbonyl (C=O) groups is 1. The van der Waals surface area contributed by atoms with Crippen LogP contribution >= 0.6 is 11.8 Å². The highest BCUT2D eigenvalue weighted by atomic mass is 32.2. The van der Waals surface area contributed by atoms with E-state index >= 15 is 0 Å². The monoisotopic (exact) mass is 466 g/mol. The molecule has 0 aliphatic rings. The Bertz CT molecular complexity index is 795. The summed E-state index contributed by atoms with van der Waals surface area (Å²) in [7, 11) is 0. The van der Waals surface area contributed by atoms with Gasteiger partial charge in [-0.15, -0.1) is 11.8 Å². The van der Waals surface area contributed by atoms with E-state index in [-0.39, 0.29) is 32.1 Å². The zero-order valence-corrected chi connectivity index (χ0v) is 20.3. The molecule has 0 N–H and O–H groups in total. The Morgan fingerprint density at radius 1 is 1.12 bits per heavy atom. The molecule has 2 rings (SSSR count). The molecule has 0 fully saturated rings. The Labute approximate surface area is 197 Å². The first kappa shape index (κ1) is 29.8. The van der Waals surface area contributed by atoms with Crippen molar-refractivity contribution in [1.29, 1.82) is 0 Å². The number of hydrogen-bond donors (Lipinski definition) is 0. The first-order valence-corrected chi connectivity index (χ1v) is 11.9. The molecule has 32 heavy (non-hydrogen) atoms. The molecule has 1 atom stereocenters. The topological polar surface area (TPSA) is 44.8 Å². The molecule has 180 valence electrons. The fourth-order valence-electron chi connectivity index (χ4n) is 2.64. The van der Waals surface area contributed by atoms with E-state index in [1.165, 1.54) is 0 Å². The zero-order chi connectivity index (χ0) is 23.2. The fourth-order valence-corrected chi connectivity index (χ4v) is 3.06. The van der Waals surface area contributed by atoms with Gasteiger partial charge in [-0.05, 0) is 75.3 Å². The summed E-state index contributed by atoms with van der Waals surface area (Å²) in [4.78, 5) is 12.3. The molecule has 0 spiro atoms. The molecule has 0 aromatic heterocycles. The smallest absolute Gasteiger partial charge is 0.490 e. The zero-order valence-electron chi connectivity index (χ0n) is 19.4. The van der Waals surface area contributed by atoms with Crippen LogP contribution in [0.2, 0.25) is 0 Å². The number of benzene rings is 2. The summed E-state index contributed by atoms with van der Waals surface area (Å²) in [5.74, 6) is 0.695. The van der Waals surface area contributed by atoms with Crippen molar-refractivity contribution in [3.05, 3.63) is 59.4 Å². The molecule has 4 nitrogen and oxygen atoms in total. The van der Waals surface area contributed by atoms with Crippen LogP contribution in [-0.2, 0) is 16.1 Å². The van der Waals surface area contributed by atoms with Crippen molar-refractivity contribution in [3.63, 3.8) is 0 Å². The molecule has 0 radical (unpaired) electrons. The van der Waals surface area contributed by atoms with Crippen molar-refractivity contribution in [1.82, 2.24) is 0 Å². The lowest BCUT2D eigenvalue weighted by Crippen LogP contribution is -2.15. The molecule has 2 aromatic carbocycles. The molecule has 1 unspecified atom stereocenters. The second kappa shape index (κ2) is 16.4. The second-order valence-corrected chi connectivity index (χ2v) is 8.28. The summed E-state index contributed by atoms with van der Waals surface area (Å²) in [6, 6.07) is 12.9. The van der Waals surface area contributed by atoms with Crippen molar-refractivity contribution in [3.8, 4) is 5.75 Å². The second-order valence-electron chi connectivity index (χ2n) is 7.40. The summed E-state index contributed by atoms with van der Waals surface area (Å²) in [6.45, 7) is 9.79. The van der Waals surface area contributed by atoms with Gasteiger partial charge < -0.3 is 14.2 Å². The van der Waals surface area contributed by atoms with Crippen LogP contribution in [0.5, 0.6) is 5.75 Å². The first-order chi connectivity index (χ1) is 14.8. The number of hydrogen-bond acceptors (Lipinski definition) is 5. The van der Waals surface area contributed by atoms with Gasteiger partial charge >= 0.3 is 6.16 Å². The SMILES string of the molecule is C.CCCC(CC)Oc1cccc(COC(=O)OC(C)C)c1.CSc1ccc(C)c(F)c1. The van der Waals surface area contributed by atoms with Gasteiger partial charge in [0.25, 0.3) is 0 Å². The molecular formula is C26H39FO4S. The average Bonchev–Trinajstić information content (AvgIpc) is 2.74. The Morgan fingerprint density at radius 2 is 1.84 bits per heavy atom. The summed E-state index contributed by atoms with van der Waals surface area (Å²) in [5.41, 5.74) is 1.59. The van der Waals surface area contributed by atoms with Gasteiger partial charge in [0.15, 0.2) is 0 Å². The third kappa shape index (κ3) is 12.0. The Morgan fingerprint density at radius 3 is 2.41 bits per heavy atom. The summed E-state index contributed by atoms with van der Waals surface area (Å²) < 4.78 is 28.7. The van der Waals surface area contributed by atoms with Crippen LogP contribution in [0.1, 0.15) is 65.5 Å². The number of halogens is 1. The van der Waals surface area contributed by atoms with E-state index in [2.05, 4.69) is 13.8 Å². The molecule has 0 bridgehead atoms. The third-order valence-corrected chi connectivity index (χ3v) is 5.06. The van der Waals surface area contributed by atoms with E-state index in [0.29, 0.717) is 5.56 Å². The van der Waals surface area contributed by atoms with E-state index in [0.717, 1.165) is 35.5 Å². The highest BCUT2D eigenvalue weighted by Crippen LogP contribution is 2.19. The predicted octanol–water partition coefficient (Wildman–Crippen LogP) is 8.20. The minimum atomic E-state index is -0.645. The molecular weight excluding hydrogens is 427 g/mol. The Hall–Kier alpha value is -2.21. The van der Waals surface area contributed by atoms with Gasteiger partial charge in [-0.1, -0.05) is 45.9 Å². The van der Waals surface area contributed by atoms with Gasteiger partial charge in [-0.3, -0.25) is 0 Å². The lowest BCUT2D eigenvalue weighted by molar-refractivity contribution is 0.0297. The highest BCUT2D eigenvalue weighted by Gasteiger charge is 2.09. The lowest BCUT2D eigenvalue weighted by atomic mass is 10.1. The highest BCUT2D eigenvalue weighted by molar-refractivity contribution is 7.98. The van der Waals surface area contributed by atoms with Crippen molar-refractivity contribution >= 4 is 17.9 Å². The average molecular weight is 467 g/mol. The van der Waals surface area contributed by atoms with Crippen LogP contribution in [0.15, 0.2) is 47.4 Å². The van der Waals surface area contributed by atoms with Crippen LogP contribution < -0.4 is 4.74 Å². The number of ether oxygens (including phenoxy) is 3. The summed E-state index contributed by atoms with van der Waals surface area (Å²) in [6.07, 6.45) is 4.47. The van der Waals surface area contributed by atoms with Gasteiger partial charge in [0.1, 0.15) is 18.2 Å². The van der Waals surface area contributed by atoms with E-state index in [1.54, 1.807) is 44.7 Å². The van der Waals surface area contributed by atoms with Crippen molar-refractivity contribution < 1.29 is 23.4 Å². The van der Waals surface area contributed by atoms with Crippen molar-refractivity contribution in [2.24, 2.45) is 0 Å². The van der Waals surface area contributed by atoms with E-state index < -0.39 is 6.16 Å². The fraction of sp³-hybridized carbons (Fsp3) is 0.500. The quantitative estimate of drug-likeness (QED) is 0.275. The van der Waals surface area contributed by atoms with Crippen LogP contribution in [0, 0.1) is 12.7 Å². The van der Waals surface area contributed by atoms with Crippen LogP contribution in [0.3, 0.4) is 0 Å². The molecule has 0 heterocycles. The molecule has 0 amide bonds. The standard InChI is InChI=1S/C17H26O4.C8H9FS.CH4/c1-5-8-15(6-2)21-16-10-7-9-14(11-16)12-19-17(18)20-13(3)4;1-6-3-4-7(10-2)5-8(6)9;/h7,9-11,13,15H,5-6,8,12H2,1-4H3;3-5H,1-2H3;1H4. The van der Waals surface area contributed by atoms with Crippen molar-refractivity contribution in [2.45, 2.75) is 85.0 Å². The lowest BCUT2D eigenvalue weighted by Gasteiger charge is -2.17. The normalized spacial score (nSPS) is 11.0. The van der Waals surface area contributed by atoms with E-state index in [1.807, 2.05) is 36.6 Å². The first-order valence-electron chi connectivity index (χ1n) is 10.7. The van der Waals surface area contributed by atoms with Gasteiger partial charge in [-0.25, -0.2) is 9.18 Å². The molecule has 0 saturated heterocycles. The van der Waals surface area contributed by atoms with Crippen molar-refractivity contribution in [2.75, 3.05) is 6.26 Å². The van der Waals surface area contributed by atoms with Crippen LogP contribution in [0.4, 0.5) is 9.18 Å². The Kier molecular flexibility index (Phi) is 15.3. The molecule has 2 aromatic rings. The van der Waals surface area contributed by atoms with Gasteiger partial charge in [0.05, 0.1) is 12.2 Å². The maximum atomic E-state index is 12.8. The Balaban J connectivity index is 0.000000733. The van der Waals surface area contributed by atoms with E-state index in [9.17, 15) is 9.18 Å². The largest absolute Gasteiger partial charge is 0.508 e. The number of rotatable bonds is 9. The minimum Gasteiger partial charge on any atom is -0.490 e. The number of thioether (sulfide) groups is 1. The maximum absolute atomic E-state index is 12.8. The van der Waals surface area contributed by atoms with Gasteiger partial charge in [-0.2, -0.15) is 0 Å². The van der Waals surface area contributed by atoms with Crippen LogP contribution in [0.25, 0.3) is 0 Å². The predicted molar refractivity (Wildman–Crippen MR) is 132 cm³/mol. The molecule has 0 saturated carbocycles. The summed E-state index contributed by atoms with van der Waals surface area (Å²) in [5, 5.41) is 0. The molecule has 0 aliphatic carbocycles. The number of carbonyl (C=O) groups excluding carboxylic acids is 1. The van der Waals surface area contributed by atoms with Gasteiger partial charge in [0, 0.05) is 4.90 Å². The van der Waals surface area contributed by atoms with Gasteiger partial charge in [0.2, 0.25) is 0 Å². The molecule has 0 aliphatic heterocycles. The molecule has 6 heteroatoms. The summed E-state index contributed by atoms with van der Waals surface area (Å²) >= 11 is 1.55. The third-order valence-electron chi connectivity index (χ3n) is 4.33. The maximum Gasteiger partial charge on any atom is 0.508 e.